The molecule has 0 aliphatic heterocycles. The fourth-order valence-electron chi connectivity index (χ4n) is 2.67. The summed E-state index contributed by atoms with van der Waals surface area (Å²) in [4.78, 5) is 36.2. The topological polar surface area (TPSA) is 87.3 Å². The minimum atomic E-state index is -0.348. The van der Waals surface area contributed by atoms with Gasteiger partial charge >= 0.3 is 0 Å². The first-order chi connectivity index (χ1) is 12.9. The van der Waals surface area contributed by atoms with Gasteiger partial charge in [-0.2, -0.15) is 0 Å². The summed E-state index contributed by atoms with van der Waals surface area (Å²) in [6, 6.07) is 14.2. The molecule has 0 heterocycles. The Morgan fingerprint density at radius 2 is 1.52 bits per heavy atom. The van der Waals surface area contributed by atoms with Crippen molar-refractivity contribution in [2.75, 3.05) is 11.9 Å². The van der Waals surface area contributed by atoms with E-state index in [4.69, 9.17) is 0 Å². The molecule has 0 saturated heterocycles. The van der Waals surface area contributed by atoms with Gasteiger partial charge in [-0.25, -0.2) is 0 Å². The zero-order valence-corrected chi connectivity index (χ0v) is 15.8. The molecular weight excluding hydrogens is 342 g/mol. The Hall–Kier alpha value is -3.15. The number of anilines is 1. The maximum atomic E-state index is 12.1. The molecule has 6 nitrogen and oxygen atoms in total. The highest BCUT2D eigenvalue weighted by atomic mass is 16.2. The van der Waals surface area contributed by atoms with Gasteiger partial charge in [-0.15, -0.1) is 0 Å². The summed E-state index contributed by atoms with van der Waals surface area (Å²) in [5.41, 5.74) is 3.23. The summed E-state index contributed by atoms with van der Waals surface area (Å²) >= 11 is 0. The third kappa shape index (κ3) is 6.26. The number of carbonyl (C=O) groups excluding carboxylic acids is 3. The molecule has 6 heteroatoms. The zero-order chi connectivity index (χ0) is 19.8. The number of benzene rings is 2. The second-order valence-corrected chi connectivity index (χ2v) is 6.54. The third-order valence-corrected chi connectivity index (χ3v) is 4.10. The lowest BCUT2D eigenvalue weighted by Gasteiger charge is -2.15. The van der Waals surface area contributed by atoms with E-state index in [1.807, 2.05) is 38.1 Å². The first-order valence-corrected chi connectivity index (χ1v) is 8.85. The largest absolute Gasteiger partial charge is 0.349 e. The number of rotatable bonds is 7. The maximum absolute atomic E-state index is 12.1. The Balaban J connectivity index is 1.76. The molecular formula is C21H25N3O3. The van der Waals surface area contributed by atoms with Crippen LogP contribution in [0.1, 0.15) is 34.8 Å². The zero-order valence-electron chi connectivity index (χ0n) is 15.8. The molecule has 0 bridgehead atoms. The lowest BCUT2D eigenvalue weighted by Crippen LogP contribution is -2.39. The van der Waals surface area contributed by atoms with Crippen LogP contribution in [0.15, 0.2) is 48.5 Å². The Bertz CT molecular complexity index is 798. The van der Waals surface area contributed by atoms with Crippen LogP contribution >= 0.6 is 0 Å². The quantitative estimate of drug-likeness (QED) is 0.703. The molecule has 0 fully saturated rings. The van der Waals surface area contributed by atoms with Crippen molar-refractivity contribution < 1.29 is 14.4 Å². The molecule has 2 rings (SSSR count). The number of carbonyl (C=O) groups is 3. The van der Waals surface area contributed by atoms with Gasteiger partial charge in [0.1, 0.15) is 0 Å². The molecule has 0 radical (unpaired) electrons. The van der Waals surface area contributed by atoms with Crippen LogP contribution in [0, 0.1) is 13.8 Å². The standard InChI is InChI=1S/C21H25N3O3/c1-14-8-7-9-15(2)20(14)24-19(26)13-22-18(25)12-16(3)23-21(27)17-10-5-4-6-11-17/h4-11,16H,12-13H2,1-3H3,(H,22,25)(H,23,27)(H,24,26)/t16-/m1/s1. The van der Waals surface area contributed by atoms with Crippen LogP contribution in [0.25, 0.3) is 0 Å². The van der Waals surface area contributed by atoms with Crippen LogP contribution in [0.3, 0.4) is 0 Å². The van der Waals surface area contributed by atoms with E-state index in [0.717, 1.165) is 16.8 Å². The van der Waals surface area contributed by atoms with Gasteiger partial charge < -0.3 is 16.0 Å². The van der Waals surface area contributed by atoms with E-state index in [1.165, 1.54) is 0 Å². The first kappa shape index (κ1) is 20.2. The van der Waals surface area contributed by atoms with Gasteiger partial charge in [-0.1, -0.05) is 36.4 Å². The fraction of sp³-hybridized carbons (Fsp3) is 0.286. The number of nitrogens with one attached hydrogen (secondary N) is 3. The summed E-state index contributed by atoms with van der Waals surface area (Å²) < 4.78 is 0. The number of hydrogen-bond donors (Lipinski definition) is 3. The van der Waals surface area contributed by atoms with Crippen molar-refractivity contribution in [2.45, 2.75) is 33.2 Å². The van der Waals surface area contributed by atoms with Crippen molar-refractivity contribution in [1.82, 2.24) is 10.6 Å². The Kier molecular flexibility index (Phi) is 7.11. The average Bonchev–Trinajstić information content (AvgIpc) is 2.63. The van der Waals surface area contributed by atoms with Crippen molar-refractivity contribution in [2.24, 2.45) is 0 Å². The molecule has 1 atom stereocenters. The van der Waals surface area contributed by atoms with E-state index < -0.39 is 0 Å². The number of para-hydroxylation sites is 1. The molecule has 3 amide bonds. The minimum Gasteiger partial charge on any atom is -0.349 e. The van der Waals surface area contributed by atoms with Crippen LogP contribution in [0.5, 0.6) is 0 Å². The molecule has 2 aromatic carbocycles. The number of aryl methyl sites for hydroxylation is 2. The van der Waals surface area contributed by atoms with Gasteiger partial charge in [0.25, 0.3) is 5.91 Å². The smallest absolute Gasteiger partial charge is 0.251 e. The molecule has 0 spiro atoms. The minimum absolute atomic E-state index is 0.0925. The van der Waals surface area contributed by atoms with E-state index in [-0.39, 0.29) is 36.7 Å². The van der Waals surface area contributed by atoms with Crippen molar-refractivity contribution in [3.05, 3.63) is 65.2 Å². The molecule has 0 saturated carbocycles. The summed E-state index contributed by atoms with van der Waals surface area (Å²) in [6.07, 6.45) is 0.0925. The van der Waals surface area contributed by atoms with Gasteiger partial charge in [-0.3, -0.25) is 14.4 Å². The SMILES string of the molecule is Cc1cccc(C)c1NC(=O)CNC(=O)C[C@@H](C)NC(=O)c1ccccc1. The maximum Gasteiger partial charge on any atom is 0.251 e. The molecule has 2 aromatic rings. The Labute approximate surface area is 159 Å². The van der Waals surface area contributed by atoms with Crippen molar-refractivity contribution >= 4 is 23.4 Å². The third-order valence-electron chi connectivity index (χ3n) is 4.10. The molecule has 0 aliphatic rings. The highest BCUT2D eigenvalue weighted by molar-refractivity contribution is 5.96. The molecule has 0 unspecified atom stereocenters. The highest BCUT2D eigenvalue weighted by Gasteiger charge is 2.14. The van der Waals surface area contributed by atoms with E-state index in [9.17, 15) is 14.4 Å². The normalized spacial score (nSPS) is 11.4. The second-order valence-electron chi connectivity index (χ2n) is 6.54. The van der Waals surface area contributed by atoms with Crippen molar-refractivity contribution in [1.29, 1.82) is 0 Å². The van der Waals surface area contributed by atoms with E-state index in [2.05, 4.69) is 16.0 Å². The number of amides is 3. The highest BCUT2D eigenvalue weighted by Crippen LogP contribution is 2.18. The van der Waals surface area contributed by atoms with Crippen LogP contribution in [-0.2, 0) is 9.59 Å². The first-order valence-electron chi connectivity index (χ1n) is 8.85. The van der Waals surface area contributed by atoms with E-state index in [0.29, 0.717) is 5.56 Å². The molecule has 142 valence electrons. The Morgan fingerprint density at radius 1 is 0.889 bits per heavy atom. The Morgan fingerprint density at radius 3 is 2.15 bits per heavy atom. The second kappa shape index (κ2) is 9.52. The van der Waals surface area contributed by atoms with Crippen molar-refractivity contribution in [3.63, 3.8) is 0 Å². The number of hydrogen-bond acceptors (Lipinski definition) is 3. The van der Waals surface area contributed by atoms with Gasteiger partial charge in [-0.05, 0) is 44.0 Å². The lowest BCUT2D eigenvalue weighted by atomic mass is 10.1. The van der Waals surface area contributed by atoms with Crippen LogP contribution < -0.4 is 16.0 Å². The molecule has 0 aromatic heterocycles. The summed E-state index contributed by atoms with van der Waals surface area (Å²) in [5.74, 6) is -0.821. The van der Waals surface area contributed by atoms with Crippen molar-refractivity contribution in [3.8, 4) is 0 Å². The van der Waals surface area contributed by atoms with Gasteiger partial charge in [0.15, 0.2) is 0 Å². The van der Waals surface area contributed by atoms with Crippen LogP contribution in [-0.4, -0.2) is 30.3 Å². The molecule has 0 aliphatic carbocycles. The lowest BCUT2D eigenvalue weighted by molar-refractivity contribution is -0.124. The predicted molar refractivity (Wildman–Crippen MR) is 106 cm³/mol. The molecule has 3 N–H and O–H groups in total. The summed E-state index contributed by atoms with van der Waals surface area (Å²) in [7, 11) is 0. The summed E-state index contributed by atoms with van der Waals surface area (Å²) in [5, 5.41) is 8.17. The fourth-order valence-corrected chi connectivity index (χ4v) is 2.67. The monoisotopic (exact) mass is 367 g/mol. The summed E-state index contributed by atoms with van der Waals surface area (Å²) in [6.45, 7) is 5.46. The van der Waals surface area contributed by atoms with E-state index >= 15 is 0 Å². The van der Waals surface area contributed by atoms with Gasteiger partial charge in [0, 0.05) is 23.7 Å². The molecule has 27 heavy (non-hydrogen) atoms. The predicted octanol–water partition coefficient (Wildman–Crippen LogP) is 2.57. The van der Waals surface area contributed by atoms with Gasteiger partial charge in [0.2, 0.25) is 11.8 Å². The van der Waals surface area contributed by atoms with Crippen LogP contribution in [0.2, 0.25) is 0 Å². The van der Waals surface area contributed by atoms with Crippen LogP contribution in [0.4, 0.5) is 5.69 Å². The van der Waals surface area contributed by atoms with E-state index in [1.54, 1.807) is 31.2 Å². The average molecular weight is 367 g/mol. The van der Waals surface area contributed by atoms with Gasteiger partial charge in [0.05, 0.1) is 6.54 Å².